The highest BCUT2D eigenvalue weighted by molar-refractivity contribution is 6.01. The molecular weight excluding hydrogens is 355 g/mol. The van der Waals surface area contributed by atoms with E-state index < -0.39 is 23.7 Å². The van der Waals surface area contributed by atoms with E-state index >= 15 is 0 Å². The zero-order chi connectivity index (χ0) is 19.1. The van der Waals surface area contributed by atoms with Crippen molar-refractivity contribution in [3.05, 3.63) is 65.6 Å². The highest BCUT2D eigenvalue weighted by Gasteiger charge is 2.21. The molecule has 8 nitrogen and oxygen atoms in total. The standard InChI is InChI=1S/C18H13FN4O4/c1-9(22-17(24)13-8-21-23-4-2-3-20-16(13)23)14-6-10-5-11(19)7-12(18(25)26)15(10)27-14/h2-9H,1H3,(H,22,24)(H,25,26). The maximum atomic E-state index is 13.6. The summed E-state index contributed by atoms with van der Waals surface area (Å²) >= 11 is 0. The van der Waals surface area contributed by atoms with Crippen molar-refractivity contribution in [2.45, 2.75) is 13.0 Å². The molecule has 0 bridgehead atoms. The van der Waals surface area contributed by atoms with Crippen LogP contribution in [0.5, 0.6) is 0 Å². The van der Waals surface area contributed by atoms with E-state index in [1.165, 1.54) is 22.8 Å². The maximum absolute atomic E-state index is 13.6. The number of aromatic carboxylic acids is 1. The molecule has 2 N–H and O–H groups in total. The smallest absolute Gasteiger partial charge is 0.339 e. The third-order valence-electron chi connectivity index (χ3n) is 4.13. The summed E-state index contributed by atoms with van der Waals surface area (Å²) in [5, 5.41) is 16.3. The average Bonchev–Trinajstić information content (AvgIpc) is 3.24. The van der Waals surface area contributed by atoms with Gasteiger partial charge >= 0.3 is 5.97 Å². The van der Waals surface area contributed by atoms with Gasteiger partial charge in [-0.25, -0.2) is 18.7 Å². The number of aromatic nitrogens is 3. The van der Waals surface area contributed by atoms with Crippen LogP contribution in [0.2, 0.25) is 0 Å². The molecule has 1 amide bonds. The van der Waals surface area contributed by atoms with Gasteiger partial charge in [0.2, 0.25) is 0 Å². The summed E-state index contributed by atoms with van der Waals surface area (Å²) in [6.45, 7) is 1.67. The Morgan fingerprint density at radius 1 is 1.30 bits per heavy atom. The molecule has 0 spiro atoms. The van der Waals surface area contributed by atoms with E-state index in [0.29, 0.717) is 16.8 Å². The number of fused-ring (bicyclic) bond motifs is 2. The first-order valence-electron chi connectivity index (χ1n) is 7.99. The van der Waals surface area contributed by atoms with Gasteiger partial charge < -0.3 is 14.8 Å². The molecule has 136 valence electrons. The lowest BCUT2D eigenvalue weighted by Crippen LogP contribution is -2.26. The fraction of sp³-hybridized carbons (Fsp3) is 0.111. The highest BCUT2D eigenvalue weighted by atomic mass is 19.1. The largest absolute Gasteiger partial charge is 0.478 e. The number of hydrogen-bond donors (Lipinski definition) is 2. The Balaban J connectivity index is 1.65. The molecule has 0 fully saturated rings. The molecule has 3 heterocycles. The minimum atomic E-state index is -1.30. The highest BCUT2D eigenvalue weighted by Crippen LogP contribution is 2.28. The van der Waals surface area contributed by atoms with Gasteiger partial charge in [0, 0.05) is 17.8 Å². The molecule has 3 aromatic heterocycles. The Morgan fingerprint density at radius 2 is 2.11 bits per heavy atom. The van der Waals surface area contributed by atoms with Gasteiger partial charge in [-0.15, -0.1) is 0 Å². The molecular formula is C18H13FN4O4. The second kappa shape index (κ2) is 6.20. The van der Waals surface area contributed by atoms with Crippen LogP contribution >= 0.6 is 0 Å². The Kier molecular flexibility index (Phi) is 3.84. The molecule has 0 saturated carbocycles. The second-order valence-corrected chi connectivity index (χ2v) is 5.97. The number of halogens is 1. The van der Waals surface area contributed by atoms with E-state index in [-0.39, 0.29) is 16.7 Å². The summed E-state index contributed by atoms with van der Waals surface area (Å²) in [5.74, 6) is -2.09. The van der Waals surface area contributed by atoms with Gasteiger partial charge in [0.05, 0.1) is 12.2 Å². The van der Waals surface area contributed by atoms with Crippen LogP contribution in [0.3, 0.4) is 0 Å². The number of benzene rings is 1. The van der Waals surface area contributed by atoms with Gasteiger partial charge in [-0.05, 0) is 31.2 Å². The topological polar surface area (TPSA) is 110 Å². The van der Waals surface area contributed by atoms with Crippen molar-refractivity contribution in [2.24, 2.45) is 0 Å². The van der Waals surface area contributed by atoms with Gasteiger partial charge in [0.25, 0.3) is 5.91 Å². The lowest BCUT2D eigenvalue weighted by Gasteiger charge is -2.10. The van der Waals surface area contributed by atoms with Crippen molar-refractivity contribution in [1.29, 1.82) is 0 Å². The van der Waals surface area contributed by atoms with Gasteiger partial charge in [0.15, 0.2) is 5.65 Å². The Hall–Kier alpha value is -3.75. The molecule has 0 aliphatic heterocycles. The number of nitrogens with zero attached hydrogens (tertiary/aromatic N) is 3. The van der Waals surface area contributed by atoms with Gasteiger partial charge in [0.1, 0.15) is 28.3 Å². The molecule has 0 saturated heterocycles. The number of carbonyl (C=O) groups excluding carboxylic acids is 1. The number of carboxylic acid groups (broad SMARTS) is 1. The minimum Gasteiger partial charge on any atom is -0.478 e. The fourth-order valence-corrected chi connectivity index (χ4v) is 2.84. The van der Waals surface area contributed by atoms with Crippen molar-refractivity contribution in [3.8, 4) is 0 Å². The van der Waals surface area contributed by atoms with Crippen LogP contribution in [0.4, 0.5) is 4.39 Å². The summed E-state index contributed by atoms with van der Waals surface area (Å²) in [6, 6.07) is 4.68. The Labute approximate surface area is 151 Å². The van der Waals surface area contributed by atoms with E-state index in [9.17, 15) is 19.1 Å². The number of rotatable bonds is 4. The average molecular weight is 368 g/mol. The molecule has 1 unspecified atom stereocenters. The third-order valence-corrected chi connectivity index (χ3v) is 4.13. The molecule has 0 aliphatic rings. The molecule has 27 heavy (non-hydrogen) atoms. The third kappa shape index (κ3) is 2.88. The quantitative estimate of drug-likeness (QED) is 0.573. The zero-order valence-electron chi connectivity index (χ0n) is 14.0. The zero-order valence-corrected chi connectivity index (χ0v) is 14.0. The first kappa shape index (κ1) is 16.7. The van der Waals surface area contributed by atoms with Crippen molar-refractivity contribution in [1.82, 2.24) is 19.9 Å². The van der Waals surface area contributed by atoms with Crippen LogP contribution in [-0.2, 0) is 0 Å². The maximum Gasteiger partial charge on any atom is 0.339 e. The summed E-state index contributed by atoms with van der Waals surface area (Å²) in [5.41, 5.74) is 0.470. The summed E-state index contributed by atoms with van der Waals surface area (Å²) in [4.78, 5) is 28.0. The molecule has 4 rings (SSSR count). The first-order valence-corrected chi connectivity index (χ1v) is 7.99. The predicted molar refractivity (Wildman–Crippen MR) is 92.0 cm³/mol. The Bertz CT molecular complexity index is 1200. The van der Waals surface area contributed by atoms with Crippen LogP contribution < -0.4 is 5.32 Å². The van der Waals surface area contributed by atoms with Crippen LogP contribution in [0.15, 0.2) is 47.3 Å². The van der Waals surface area contributed by atoms with E-state index in [2.05, 4.69) is 15.4 Å². The number of hydrogen-bond acceptors (Lipinski definition) is 5. The predicted octanol–water partition coefficient (Wildman–Crippen LogP) is 2.80. The first-order chi connectivity index (χ1) is 12.9. The molecule has 0 radical (unpaired) electrons. The Morgan fingerprint density at radius 3 is 2.89 bits per heavy atom. The SMILES string of the molecule is CC(NC(=O)c1cnn2cccnc12)c1cc2cc(F)cc(C(=O)O)c2o1. The van der Waals surface area contributed by atoms with Crippen LogP contribution in [0, 0.1) is 5.82 Å². The van der Waals surface area contributed by atoms with Gasteiger partial charge in [-0.3, -0.25) is 4.79 Å². The lowest BCUT2D eigenvalue weighted by molar-refractivity contribution is 0.0696. The number of nitrogens with one attached hydrogen (secondary N) is 1. The van der Waals surface area contributed by atoms with Crippen LogP contribution in [-0.4, -0.2) is 31.6 Å². The number of carbonyl (C=O) groups is 2. The van der Waals surface area contributed by atoms with Crippen LogP contribution in [0.25, 0.3) is 16.6 Å². The minimum absolute atomic E-state index is 0.0534. The van der Waals surface area contributed by atoms with Crippen molar-refractivity contribution < 1.29 is 23.5 Å². The molecule has 9 heteroatoms. The molecule has 0 aliphatic carbocycles. The van der Waals surface area contributed by atoms with Crippen molar-refractivity contribution in [2.75, 3.05) is 0 Å². The van der Waals surface area contributed by atoms with E-state index in [1.54, 1.807) is 25.4 Å². The van der Waals surface area contributed by atoms with Crippen molar-refractivity contribution >= 4 is 28.5 Å². The summed E-state index contributed by atoms with van der Waals surface area (Å²) < 4.78 is 20.7. The lowest BCUT2D eigenvalue weighted by atomic mass is 10.1. The monoisotopic (exact) mass is 368 g/mol. The van der Waals surface area contributed by atoms with Crippen molar-refractivity contribution in [3.63, 3.8) is 0 Å². The second-order valence-electron chi connectivity index (χ2n) is 5.97. The fourth-order valence-electron chi connectivity index (χ4n) is 2.84. The molecule has 1 aromatic carbocycles. The van der Waals surface area contributed by atoms with E-state index in [0.717, 1.165) is 6.07 Å². The van der Waals surface area contributed by atoms with Crippen LogP contribution in [0.1, 0.15) is 39.4 Å². The van der Waals surface area contributed by atoms with Gasteiger partial charge in [-0.2, -0.15) is 5.10 Å². The number of amides is 1. The summed E-state index contributed by atoms with van der Waals surface area (Å²) in [6.07, 6.45) is 4.63. The molecule has 1 atom stereocenters. The van der Waals surface area contributed by atoms with E-state index in [4.69, 9.17) is 4.42 Å². The number of furan rings is 1. The molecule has 4 aromatic rings. The number of carboxylic acids is 1. The normalized spacial score (nSPS) is 12.4. The van der Waals surface area contributed by atoms with E-state index in [1.807, 2.05) is 0 Å². The summed E-state index contributed by atoms with van der Waals surface area (Å²) in [7, 11) is 0. The van der Waals surface area contributed by atoms with Gasteiger partial charge in [-0.1, -0.05) is 0 Å².